The summed E-state index contributed by atoms with van der Waals surface area (Å²) >= 11 is 0. The van der Waals surface area contributed by atoms with Gasteiger partial charge in [-0.3, -0.25) is 9.78 Å². The van der Waals surface area contributed by atoms with Crippen molar-refractivity contribution in [2.24, 2.45) is 0 Å². The molecule has 4 nitrogen and oxygen atoms in total. The number of anilines is 1. The third-order valence-electron chi connectivity index (χ3n) is 3.66. The van der Waals surface area contributed by atoms with Gasteiger partial charge >= 0.3 is 0 Å². The van der Waals surface area contributed by atoms with Gasteiger partial charge in [-0.2, -0.15) is 0 Å². The lowest BCUT2D eigenvalue weighted by atomic mass is 10.1. The standard InChI is InChI=1S/C18H22FN3O/c1-3-13(2)22-16-10-15(11-20-12-16)18(23)21-9-8-14-6-4-5-7-17(14)19/h4-7,10-13,22H,3,8-9H2,1-2H3,(H,21,23). The van der Waals surface area contributed by atoms with Crippen LogP contribution in [0.2, 0.25) is 0 Å². The molecule has 5 heteroatoms. The lowest BCUT2D eigenvalue weighted by Gasteiger charge is -2.13. The second-order valence-electron chi connectivity index (χ2n) is 5.51. The van der Waals surface area contributed by atoms with Gasteiger partial charge in [-0.15, -0.1) is 0 Å². The number of amides is 1. The SMILES string of the molecule is CCC(C)Nc1cncc(C(=O)NCCc2ccccc2F)c1. The number of benzene rings is 1. The van der Waals surface area contributed by atoms with Crippen LogP contribution in [-0.2, 0) is 6.42 Å². The van der Waals surface area contributed by atoms with Crippen molar-refractivity contribution in [1.82, 2.24) is 10.3 Å². The van der Waals surface area contributed by atoms with Gasteiger partial charge in [0.1, 0.15) is 5.82 Å². The predicted octanol–water partition coefficient (Wildman–Crippen LogP) is 3.40. The summed E-state index contributed by atoms with van der Waals surface area (Å²) in [6, 6.07) is 8.67. The molecular weight excluding hydrogens is 293 g/mol. The highest BCUT2D eigenvalue weighted by Crippen LogP contribution is 2.11. The number of rotatable bonds is 7. The Morgan fingerprint density at radius 2 is 2.09 bits per heavy atom. The molecule has 2 rings (SSSR count). The third kappa shape index (κ3) is 5.06. The molecule has 122 valence electrons. The molecule has 0 spiro atoms. The Hall–Kier alpha value is -2.43. The van der Waals surface area contributed by atoms with Gasteiger partial charge in [-0.05, 0) is 37.5 Å². The van der Waals surface area contributed by atoms with Gasteiger partial charge in [0.05, 0.1) is 11.3 Å². The van der Waals surface area contributed by atoms with Crippen molar-refractivity contribution in [2.45, 2.75) is 32.7 Å². The summed E-state index contributed by atoms with van der Waals surface area (Å²) in [5.41, 5.74) is 1.91. The van der Waals surface area contributed by atoms with Gasteiger partial charge < -0.3 is 10.6 Å². The van der Waals surface area contributed by atoms with Gasteiger partial charge in [0.2, 0.25) is 0 Å². The molecular formula is C18H22FN3O. The van der Waals surface area contributed by atoms with E-state index in [2.05, 4.69) is 29.5 Å². The second-order valence-corrected chi connectivity index (χ2v) is 5.51. The van der Waals surface area contributed by atoms with Gasteiger partial charge in [0, 0.05) is 25.0 Å². The first kappa shape index (κ1) is 16.9. The highest BCUT2D eigenvalue weighted by molar-refractivity contribution is 5.94. The van der Waals surface area contributed by atoms with E-state index in [4.69, 9.17) is 0 Å². The Bertz CT molecular complexity index is 660. The molecule has 1 aromatic heterocycles. The zero-order chi connectivity index (χ0) is 16.7. The summed E-state index contributed by atoms with van der Waals surface area (Å²) in [6.45, 7) is 4.54. The van der Waals surface area contributed by atoms with Gasteiger partial charge in [-0.25, -0.2) is 4.39 Å². The molecule has 1 aromatic carbocycles. The molecule has 23 heavy (non-hydrogen) atoms. The topological polar surface area (TPSA) is 54.0 Å². The van der Waals surface area contributed by atoms with E-state index in [0.29, 0.717) is 30.1 Å². The Labute approximate surface area is 136 Å². The summed E-state index contributed by atoms with van der Waals surface area (Å²) in [5, 5.41) is 6.08. The number of hydrogen-bond acceptors (Lipinski definition) is 3. The van der Waals surface area contributed by atoms with Crippen LogP contribution >= 0.6 is 0 Å². The van der Waals surface area contributed by atoms with Crippen LogP contribution in [0, 0.1) is 5.82 Å². The average molecular weight is 315 g/mol. The Morgan fingerprint density at radius 3 is 2.83 bits per heavy atom. The average Bonchev–Trinajstić information content (AvgIpc) is 2.56. The highest BCUT2D eigenvalue weighted by Gasteiger charge is 2.08. The summed E-state index contributed by atoms with van der Waals surface area (Å²) in [7, 11) is 0. The fourth-order valence-electron chi connectivity index (χ4n) is 2.14. The minimum atomic E-state index is -0.247. The maximum Gasteiger partial charge on any atom is 0.252 e. The second kappa shape index (κ2) is 8.27. The maximum atomic E-state index is 13.5. The number of nitrogens with one attached hydrogen (secondary N) is 2. The summed E-state index contributed by atoms with van der Waals surface area (Å²) in [4.78, 5) is 16.2. The molecule has 0 aliphatic carbocycles. The quantitative estimate of drug-likeness (QED) is 0.823. The van der Waals surface area contributed by atoms with Crippen molar-refractivity contribution >= 4 is 11.6 Å². The first-order valence-electron chi connectivity index (χ1n) is 7.83. The third-order valence-corrected chi connectivity index (χ3v) is 3.66. The number of halogens is 1. The largest absolute Gasteiger partial charge is 0.381 e. The first-order chi connectivity index (χ1) is 11.1. The van der Waals surface area contributed by atoms with E-state index < -0.39 is 0 Å². The molecule has 0 bridgehead atoms. The first-order valence-corrected chi connectivity index (χ1v) is 7.83. The Kier molecular flexibility index (Phi) is 6.09. The fraction of sp³-hybridized carbons (Fsp3) is 0.333. The van der Waals surface area contributed by atoms with Crippen LogP contribution in [0.5, 0.6) is 0 Å². The van der Waals surface area contributed by atoms with Crippen LogP contribution < -0.4 is 10.6 Å². The lowest BCUT2D eigenvalue weighted by Crippen LogP contribution is -2.26. The molecule has 0 radical (unpaired) electrons. The molecule has 0 aliphatic rings. The molecule has 2 N–H and O–H groups in total. The van der Waals surface area contributed by atoms with E-state index in [1.165, 1.54) is 12.3 Å². The van der Waals surface area contributed by atoms with Gasteiger partial charge in [0.25, 0.3) is 5.91 Å². The van der Waals surface area contributed by atoms with E-state index in [0.717, 1.165) is 12.1 Å². The Balaban J connectivity index is 1.90. The van der Waals surface area contributed by atoms with Crippen molar-refractivity contribution in [2.75, 3.05) is 11.9 Å². The van der Waals surface area contributed by atoms with Crippen LogP contribution in [0.15, 0.2) is 42.7 Å². The molecule has 1 unspecified atom stereocenters. The molecule has 0 fully saturated rings. The zero-order valence-electron chi connectivity index (χ0n) is 13.5. The number of hydrogen-bond donors (Lipinski definition) is 2. The number of carbonyl (C=O) groups is 1. The number of aromatic nitrogens is 1. The number of pyridine rings is 1. The highest BCUT2D eigenvalue weighted by atomic mass is 19.1. The summed E-state index contributed by atoms with van der Waals surface area (Å²) in [5.74, 6) is -0.454. The van der Waals surface area contributed by atoms with Crippen LogP contribution in [0.3, 0.4) is 0 Å². The monoisotopic (exact) mass is 315 g/mol. The van der Waals surface area contributed by atoms with Crippen molar-refractivity contribution < 1.29 is 9.18 Å². The van der Waals surface area contributed by atoms with Crippen LogP contribution in [0.4, 0.5) is 10.1 Å². The fourth-order valence-corrected chi connectivity index (χ4v) is 2.14. The molecule has 0 saturated heterocycles. The van der Waals surface area contributed by atoms with E-state index in [1.54, 1.807) is 30.5 Å². The molecule has 1 heterocycles. The molecule has 1 atom stereocenters. The molecule has 0 aliphatic heterocycles. The van der Waals surface area contributed by atoms with E-state index >= 15 is 0 Å². The van der Waals surface area contributed by atoms with Crippen LogP contribution in [-0.4, -0.2) is 23.5 Å². The number of carbonyl (C=O) groups excluding carboxylic acids is 1. The maximum absolute atomic E-state index is 13.5. The summed E-state index contributed by atoms with van der Waals surface area (Å²) in [6.07, 6.45) is 4.66. The molecule has 1 amide bonds. The van der Waals surface area contributed by atoms with Crippen molar-refractivity contribution in [3.63, 3.8) is 0 Å². The smallest absolute Gasteiger partial charge is 0.252 e. The summed E-state index contributed by atoms with van der Waals surface area (Å²) < 4.78 is 13.5. The van der Waals surface area contributed by atoms with Crippen LogP contribution in [0.1, 0.15) is 36.2 Å². The van der Waals surface area contributed by atoms with Crippen molar-refractivity contribution in [1.29, 1.82) is 0 Å². The normalized spacial score (nSPS) is 11.8. The van der Waals surface area contributed by atoms with E-state index in [9.17, 15) is 9.18 Å². The molecule has 0 saturated carbocycles. The minimum absolute atomic E-state index is 0.207. The van der Waals surface area contributed by atoms with E-state index in [1.807, 2.05) is 0 Å². The Morgan fingerprint density at radius 1 is 1.30 bits per heavy atom. The lowest BCUT2D eigenvalue weighted by molar-refractivity contribution is 0.0953. The predicted molar refractivity (Wildman–Crippen MR) is 90.0 cm³/mol. The van der Waals surface area contributed by atoms with Crippen molar-refractivity contribution in [3.05, 3.63) is 59.7 Å². The zero-order valence-corrected chi connectivity index (χ0v) is 13.5. The molecule has 2 aromatic rings. The van der Waals surface area contributed by atoms with Crippen LogP contribution in [0.25, 0.3) is 0 Å². The van der Waals surface area contributed by atoms with Gasteiger partial charge in [-0.1, -0.05) is 25.1 Å². The minimum Gasteiger partial charge on any atom is -0.381 e. The van der Waals surface area contributed by atoms with Crippen molar-refractivity contribution in [3.8, 4) is 0 Å². The van der Waals surface area contributed by atoms with Gasteiger partial charge in [0.15, 0.2) is 0 Å². The number of nitrogens with zero attached hydrogens (tertiary/aromatic N) is 1. The van der Waals surface area contributed by atoms with E-state index in [-0.39, 0.29) is 11.7 Å².